The number of nitrogens with one attached hydrogen (secondary N) is 1. The summed E-state index contributed by atoms with van der Waals surface area (Å²) < 4.78 is 26.9. The molecule has 4 rings (SSSR count). The molecule has 0 fully saturated rings. The summed E-state index contributed by atoms with van der Waals surface area (Å²) in [4.78, 5) is 8.93. The topological polar surface area (TPSA) is 89.8 Å². The van der Waals surface area contributed by atoms with Crippen LogP contribution in [0.3, 0.4) is 0 Å². The van der Waals surface area contributed by atoms with Crippen LogP contribution in [0.1, 0.15) is 6.42 Å². The van der Waals surface area contributed by atoms with Crippen molar-refractivity contribution < 1.29 is 8.42 Å². The van der Waals surface area contributed by atoms with E-state index >= 15 is 0 Å². The van der Waals surface area contributed by atoms with E-state index in [0.717, 1.165) is 39.7 Å². The van der Waals surface area contributed by atoms with Crippen LogP contribution >= 0.6 is 0 Å². The standard InChI is InChI=1S/C21H21N5O2S/c1-29(27,28)24-12-6-14-26-15-18(21(25-26)20-9-4-5-11-22-20)16-10-13-23-19-8-3-2-7-17(16)19/h2-5,7-11,13,15,24H,6,12,14H2,1H3. The second-order valence-corrected chi connectivity index (χ2v) is 8.60. The summed E-state index contributed by atoms with van der Waals surface area (Å²) >= 11 is 0. The normalized spacial score (nSPS) is 11.8. The summed E-state index contributed by atoms with van der Waals surface area (Å²) in [6, 6.07) is 15.7. The van der Waals surface area contributed by atoms with Crippen molar-refractivity contribution in [3.05, 3.63) is 67.1 Å². The van der Waals surface area contributed by atoms with Crippen molar-refractivity contribution >= 4 is 20.9 Å². The third-order valence-electron chi connectivity index (χ3n) is 4.54. The van der Waals surface area contributed by atoms with Crippen molar-refractivity contribution in [3.63, 3.8) is 0 Å². The third-order valence-corrected chi connectivity index (χ3v) is 5.27. The molecule has 0 amide bonds. The number of aryl methyl sites for hydroxylation is 1. The van der Waals surface area contributed by atoms with Crippen molar-refractivity contribution in [3.8, 4) is 22.5 Å². The molecule has 4 aromatic rings. The molecule has 7 nitrogen and oxygen atoms in total. The van der Waals surface area contributed by atoms with E-state index in [-0.39, 0.29) is 0 Å². The van der Waals surface area contributed by atoms with E-state index < -0.39 is 10.0 Å². The number of aromatic nitrogens is 4. The highest BCUT2D eigenvalue weighted by molar-refractivity contribution is 7.88. The third kappa shape index (κ3) is 4.49. The molecule has 3 aromatic heterocycles. The number of hydrogen-bond acceptors (Lipinski definition) is 5. The highest BCUT2D eigenvalue weighted by Crippen LogP contribution is 2.34. The average molecular weight is 407 g/mol. The lowest BCUT2D eigenvalue weighted by atomic mass is 10.0. The Hall–Kier alpha value is -3.10. The highest BCUT2D eigenvalue weighted by Gasteiger charge is 2.16. The van der Waals surface area contributed by atoms with Gasteiger partial charge in [-0.2, -0.15) is 5.10 Å². The number of para-hydroxylation sites is 1. The largest absolute Gasteiger partial charge is 0.271 e. The molecule has 0 aliphatic rings. The molecule has 0 aliphatic heterocycles. The summed E-state index contributed by atoms with van der Waals surface area (Å²) in [5.74, 6) is 0. The molecule has 148 valence electrons. The van der Waals surface area contributed by atoms with Crippen molar-refractivity contribution in [2.24, 2.45) is 0 Å². The van der Waals surface area contributed by atoms with Crippen LogP contribution in [0.15, 0.2) is 67.1 Å². The number of benzene rings is 1. The second kappa shape index (κ2) is 8.10. The summed E-state index contributed by atoms with van der Waals surface area (Å²) in [5, 5.41) is 5.80. The lowest BCUT2D eigenvalue weighted by Crippen LogP contribution is -2.23. The molecule has 1 aromatic carbocycles. The fraction of sp³-hybridized carbons (Fsp3) is 0.190. The minimum Gasteiger partial charge on any atom is -0.271 e. The summed E-state index contributed by atoms with van der Waals surface area (Å²) in [6.45, 7) is 0.955. The minimum atomic E-state index is -3.19. The lowest BCUT2D eigenvalue weighted by molar-refractivity contribution is 0.557. The van der Waals surface area contributed by atoms with Gasteiger partial charge in [0, 0.05) is 42.6 Å². The quantitative estimate of drug-likeness (QED) is 0.476. The first kappa shape index (κ1) is 19.2. The van der Waals surface area contributed by atoms with E-state index in [1.54, 1.807) is 12.4 Å². The van der Waals surface area contributed by atoms with Crippen LogP contribution in [0, 0.1) is 0 Å². The Labute approximate surface area is 169 Å². The van der Waals surface area contributed by atoms with Gasteiger partial charge < -0.3 is 0 Å². The predicted octanol–water partition coefficient (Wildman–Crippen LogP) is 3.10. The zero-order chi connectivity index (χ0) is 20.3. The Morgan fingerprint density at radius 1 is 0.966 bits per heavy atom. The van der Waals surface area contributed by atoms with Gasteiger partial charge >= 0.3 is 0 Å². The van der Waals surface area contributed by atoms with Crippen molar-refractivity contribution in [1.82, 2.24) is 24.5 Å². The Morgan fingerprint density at radius 3 is 2.59 bits per heavy atom. The molecule has 0 radical (unpaired) electrons. The maximum absolute atomic E-state index is 11.2. The van der Waals surface area contributed by atoms with Gasteiger partial charge in [-0.25, -0.2) is 13.1 Å². The van der Waals surface area contributed by atoms with Crippen molar-refractivity contribution in [2.45, 2.75) is 13.0 Å². The van der Waals surface area contributed by atoms with Gasteiger partial charge in [-0.05, 0) is 36.2 Å². The lowest BCUT2D eigenvalue weighted by Gasteiger charge is -2.06. The molecule has 0 unspecified atom stereocenters. The number of rotatable bonds is 7. The molecule has 29 heavy (non-hydrogen) atoms. The fourth-order valence-electron chi connectivity index (χ4n) is 3.25. The molecular formula is C21H21N5O2S. The molecular weight excluding hydrogens is 386 g/mol. The van der Waals surface area contributed by atoms with E-state index in [2.05, 4.69) is 14.7 Å². The van der Waals surface area contributed by atoms with E-state index in [1.165, 1.54) is 0 Å². The minimum absolute atomic E-state index is 0.366. The van der Waals surface area contributed by atoms with E-state index in [1.807, 2.05) is 59.4 Å². The second-order valence-electron chi connectivity index (χ2n) is 6.77. The molecule has 1 N–H and O–H groups in total. The van der Waals surface area contributed by atoms with Gasteiger partial charge in [-0.3, -0.25) is 14.6 Å². The number of pyridine rings is 2. The van der Waals surface area contributed by atoms with Crippen LogP contribution in [-0.2, 0) is 16.6 Å². The zero-order valence-corrected chi connectivity index (χ0v) is 16.8. The van der Waals surface area contributed by atoms with Gasteiger partial charge in [0.2, 0.25) is 10.0 Å². The summed E-state index contributed by atoms with van der Waals surface area (Å²) in [7, 11) is -3.19. The number of sulfonamides is 1. The van der Waals surface area contributed by atoms with E-state index in [0.29, 0.717) is 19.5 Å². The van der Waals surface area contributed by atoms with Crippen LogP contribution < -0.4 is 4.72 Å². The van der Waals surface area contributed by atoms with Crippen LogP contribution in [0.2, 0.25) is 0 Å². The van der Waals surface area contributed by atoms with Gasteiger partial charge in [0.1, 0.15) is 5.69 Å². The van der Waals surface area contributed by atoms with Gasteiger partial charge in [0.05, 0.1) is 17.5 Å². The average Bonchev–Trinajstić information content (AvgIpc) is 3.15. The van der Waals surface area contributed by atoms with Gasteiger partial charge in [0.25, 0.3) is 0 Å². The Bertz CT molecular complexity index is 1230. The molecule has 0 aliphatic carbocycles. The predicted molar refractivity (Wildman–Crippen MR) is 114 cm³/mol. The summed E-state index contributed by atoms with van der Waals surface area (Å²) in [5.41, 5.74) is 4.51. The monoisotopic (exact) mass is 407 g/mol. The molecule has 0 spiro atoms. The van der Waals surface area contributed by atoms with Crippen LogP contribution in [0.4, 0.5) is 0 Å². The van der Waals surface area contributed by atoms with Crippen LogP contribution in [0.25, 0.3) is 33.4 Å². The first-order valence-electron chi connectivity index (χ1n) is 9.29. The Balaban J connectivity index is 1.73. The Kier molecular flexibility index (Phi) is 5.37. The number of nitrogens with zero attached hydrogens (tertiary/aromatic N) is 4. The molecule has 0 bridgehead atoms. The SMILES string of the molecule is CS(=O)(=O)NCCCn1cc(-c2ccnc3ccccc23)c(-c2ccccn2)n1. The van der Waals surface area contributed by atoms with Gasteiger partial charge in [-0.15, -0.1) is 0 Å². The number of hydrogen-bond donors (Lipinski definition) is 1. The molecule has 8 heteroatoms. The molecule has 0 saturated heterocycles. The smallest absolute Gasteiger partial charge is 0.208 e. The summed E-state index contributed by atoms with van der Waals surface area (Å²) in [6.07, 6.45) is 7.33. The number of fused-ring (bicyclic) bond motifs is 1. The van der Waals surface area contributed by atoms with Gasteiger partial charge in [-0.1, -0.05) is 24.3 Å². The maximum Gasteiger partial charge on any atom is 0.208 e. The molecule has 3 heterocycles. The Morgan fingerprint density at radius 2 is 1.79 bits per heavy atom. The van der Waals surface area contributed by atoms with E-state index in [4.69, 9.17) is 5.10 Å². The maximum atomic E-state index is 11.2. The molecule has 0 atom stereocenters. The van der Waals surface area contributed by atoms with Crippen molar-refractivity contribution in [2.75, 3.05) is 12.8 Å². The highest BCUT2D eigenvalue weighted by atomic mass is 32.2. The zero-order valence-electron chi connectivity index (χ0n) is 16.0. The van der Waals surface area contributed by atoms with Crippen LogP contribution in [0.5, 0.6) is 0 Å². The first-order chi connectivity index (χ1) is 14.0. The van der Waals surface area contributed by atoms with E-state index in [9.17, 15) is 8.42 Å². The van der Waals surface area contributed by atoms with Gasteiger partial charge in [0.15, 0.2) is 0 Å². The molecule has 0 saturated carbocycles. The fourth-order valence-corrected chi connectivity index (χ4v) is 3.77. The van der Waals surface area contributed by atoms with Crippen LogP contribution in [-0.4, -0.2) is 41.0 Å². The van der Waals surface area contributed by atoms with Crippen molar-refractivity contribution in [1.29, 1.82) is 0 Å². The first-order valence-corrected chi connectivity index (χ1v) is 11.2.